The summed E-state index contributed by atoms with van der Waals surface area (Å²) >= 11 is 5.72. The van der Waals surface area contributed by atoms with E-state index in [0.717, 1.165) is 19.3 Å². The number of aryl methyl sites for hydroxylation is 1. The van der Waals surface area contributed by atoms with E-state index >= 15 is 0 Å². The molecule has 0 fully saturated rings. The first-order valence-corrected chi connectivity index (χ1v) is 5.17. The van der Waals surface area contributed by atoms with Crippen LogP contribution in [0.25, 0.3) is 0 Å². The maximum atomic E-state index is 5.72. The Morgan fingerprint density at radius 3 is 2.64 bits per heavy atom. The summed E-state index contributed by atoms with van der Waals surface area (Å²) in [5.41, 5.74) is 0. The Morgan fingerprint density at radius 2 is 2.00 bits per heavy atom. The molecule has 0 spiro atoms. The van der Waals surface area contributed by atoms with Crippen LogP contribution in [0, 0.1) is 0 Å². The smallest absolute Gasteiger partial charge is 0.320 e. The van der Waals surface area contributed by atoms with Crippen LogP contribution in [0.5, 0.6) is 6.01 Å². The van der Waals surface area contributed by atoms with Crippen LogP contribution in [0.1, 0.15) is 32.5 Å². The maximum absolute atomic E-state index is 5.72. The van der Waals surface area contributed by atoms with Gasteiger partial charge in [0.15, 0.2) is 0 Å². The van der Waals surface area contributed by atoms with Gasteiger partial charge in [0.2, 0.25) is 5.28 Å². The van der Waals surface area contributed by atoms with Crippen molar-refractivity contribution >= 4 is 11.6 Å². The van der Waals surface area contributed by atoms with Crippen molar-refractivity contribution in [2.75, 3.05) is 6.61 Å². The second kappa shape index (κ2) is 5.75. The molecule has 0 aliphatic rings. The summed E-state index contributed by atoms with van der Waals surface area (Å²) in [6.07, 6.45) is 2.97. The third-order valence-electron chi connectivity index (χ3n) is 1.66. The molecule has 0 aliphatic carbocycles. The van der Waals surface area contributed by atoms with Crippen LogP contribution in [0.15, 0.2) is 0 Å². The number of hydrogen-bond donors (Lipinski definition) is 0. The summed E-state index contributed by atoms with van der Waals surface area (Å²) in [6.45, 7) is 4.53. The summed E-state index contributed by atoms with van der Waals surface area (Å²) in [5, 5.41) is 0.203. The lowest BCUT2D eigenvalue weighted by molar-refractivity contribution is 0.309. The van der Waals surface area contributed by atoms with Crippen molar-refractivity contribution in [1.29, 1.82) is 0 Å². The molecule has 14 heavy (non-hydrogen) atoms. The van der Waals surface area contributed by atoms with Crippen LogP contribution in [0.3, 0.4) is 0 Å². The van der Waals surface area contributed by atoms with Gasteiger partial charge in [-0.1, -0.05) is 13.3 Å². The highest BCUT2D eigenvalue weighted by atomic mass is 35.5. The summed E-state index contributed by atoms with van der Waals surface area (Å²) in [5.74, 6) is 0.704. The van der Waals surface area contributed by atoms with Crippen molar-refractivity contribution in [3.8, 4) is 6.01 Å². The molecule has 0 amide bonds. The molecule has 0 saturated carbocycles. The molecular formula is C9H14ClN3O. The Balaban J connectivity index is 2.73. The van der Waals surface area contributed by atoms with Crippen molar-refractivity contribution in [2.24, 2.45) is 0 Å². The second-order valence-electron chi connectivity index (χ2n) is 2.84. The van der Waals surface area contributed by atoms with Crippen molar-refractivity contribution in [2.45, 2.75) is 33.1 Å². The summed E-state index contributed by atoms with van der Waals surface area (Å²) in [6, 6.07) is 0.318. The second-order valence-corrected chi connectivity index (χ2v) is 3.18. The molecule has 0 unspecified atom stereocenters. The molecule has 1 aromatic rings. The molecular weight excluding hydrogens is 202 g/mol. The summed E-state index contributed by atoms with van der Waals surface area (Å²) in [4.78, 5) is 12.0. The summed E-state index contributed by atoms with van der Waals surface area (Å²) in [7, 11) is 0. The van der Waals surface area contributed by atoms with Gasteiger partial charge in [-0.25, -0.2) is 4.98 Å². The van der Waals surface area contributed by atoms with Crippen LogP contribution in [0.4, 0.5) is 0 Å². The Kier molecular flexibility index (Phi) is 4.59. The minimum atomic E-state index is 0.203. The van der Waals surface area contributed by atoms with Crippen LogP contribution in [-0.4, -0.2) is 21.6 Å². The molecule has 0 aromatic carbocycles. The molecule has 0 saturated heterocycles. The van der Waals surface area contributed by atoms with Crippen molar-refractivity contribution in [3.05, 3.63) is 11.1 Å². The quantitative estimate of drug-likeness (QED) is 0.756. The number of nitrogens with zero attached hydrogens (tertiary/aromatic N) is 3. The normalized spacial score (nSPS) is 10.2. The Hall–Kier alpha value is -0.900. The lowest BCUT2D eigenvalue weighted by Gasteiger charge is -2.03. The number of ether oxygens (including phenoxy) is 1. The largest absolute Gasteiger partial charge is 0.464 e. The monoisotopic (exact) mass is 215 g/mol. The van der Waals surface area contributed by atoms with Gasteiger partial charge in [-0.05, 0) is 24.9 Å². The Bertz CT molecular complexity index is 293. The van der Waals surface area contributed by atoms with E-state index in [1.165, 1.54) is 0 Å². The number of halogens is 1. The molecule has 0 N–H and O–H groups in total. The van der Waals surface area contributed by atoms with E-state index in [1.54, 1.807) is 0 Å². The predicted octanol–water partition coefficient (Wildman–Crippen LogP) is 2.27. The van der Waals surface area contributed by atoms with E-state index < -0.39 is 0 Å². The van der Waals surface area contributed by atoms with E-state index in [9.17, 15) is 0 Å². The van der Waals surface area contributed by atoms with E-state index in [-0.39, 0.29) is 5.28 Å². The third kappa shape index (κ3) is 3.46. The van der Waals surface area contributed by atoms with E-state index in [0.29, 0.717) is 18.4 Å². The fourth-order valence-electron chi connectivity index (χ4n) is 1.01. The van der Waals surface area contributed by atoms with Gasteiger partial charge in [-0.2, -0.15) is 9.97 Å². The van der Waals surface area contributed by atoms with Crippen LogP contribution in [0.2, 0.25) is 5.28 Å². The van der Waals surface area contributed by atoms with E-state index in [1.807, 2.05) is 6.92 Å². The first-order chi connectivity index (χ1) is 6.76. The number of aromatic nitrogens is 3. The van der Waals surface area contributed by atoms with Crippen LogP contribution >= 0.6 is 11.6 Å². The number of rotatable bonds is 5. The zero-order valence-electron chi connectivity index (χ0n) is 8.46. The first kappa shape index (κ1) is 11.2. The van der Waals surface area contributed by atoms with Gasteiger partial charge in [-0.3, -0.25) is 0 Å². The van der Waals surface area contributed by atoms with Gasteiger partial charge in [0.1, 0.15) is 5.82 Å². The van der Waals surface area contributed by atoms with Gasteiger partial charge >= 0.3 is 6.01 Å². The number of hydrogen-bond acceptors (Lipinski definition) is 4. The molecule has 5 heteroatoms. The van der Waals surface area contributed by atoms with Gasteiger partial charge in [0, 0.05) is 6.42 Å². The molecule has 1 rings (SSSR count). The predicted molar refractivity (Wildman–Crippen MR) is 54.6 cm³/mol. The lowest BCUT2D eigenvalue weighted by atomic mass is 10.2. The van der Waals surface area contributed by atoms with Gasteiger partial charge in [0.25, 0.3) is 0 Å². The molecule has 78 valence electrons. The highest BCUT2D eigenvalue weighted by molar-refractivity contribution is 6.28. The number of unbranched alkanes of at least 4 members (excludes halogenated alkanes) is 1. The minimum Gasteiger partial charge on any atom is -0.464 e. The lowest BCUT2D eigenvalue weighted by Crippen LogP contribution is -2.03. The molecule has 4 nitrogen and oxygen atoms in total. The maximum Gasteiger partial charge on any atom is 0.320 e. The molecule has 0 bridgehead atoms. The minimum absolute atomic E-state index is 0.203. The highest BCUT2D eigenvalue weighted by Gasteiger charge is 2.04. The molecule has 0 aliphatic heterocycles. The topological polar surface area (TPSA) is 47.9 Å². The molecule has 0 atom stereocenters. The Labute approximate surface area is 88.7 Å². The van der Waals surface area contributed by atoms with Crippen molar-refractivity contribution < 1.29 is 4.74 Å². The zero-order valence-corrected chi connectivity index (χ0v) is 9.21. The summed E-state index contributed by atoms with van der Waals surface area (Å²) < 4.78 is 5.16. The fourth-order valence-corrected chi connectivity index (χ4v) is 1.18. The highest BCUT2D eigenvalue weighted by Crippen LogP contribution is 2.09. The third-order valence-corrected chi connectivity index (χ3v) is 1.83. The van der Waals surface area contributed by atoms with Crippen LogP contribution in [-0.2, 0) is 6.42 Å². The van der Waals surface area contributed by atoms with E-state index in [4.69, 9.17) is 16.3 Å². The van der Waals surface area contributed by atoms with Gasteiger partial charge in [0.05, 0.1) is 6.61 Å². The van der Waals surface area contributed by atoms with Gasteiger partial charge < -0.3 is 4.74 Å². The van der Waals surface area contributed by atoms with Crippen LogP contribution < -0.4 is 4.74 Å². The fraction of sp³-hybridized carbons (Fsp3) is 0.667. The Morgan fingerprint density at radius 1 is 1.21 bits per heavy atom. The SMILES string of the molecule is CCCCc1nc(Cl)nc(OCC)n1. The van der Waals surface area contributed by atoms with Crippen molar-refractivity contribution in [1.82, 2.24) is 15.0 Å². The van der Waals surface area contributed by atoms with E-state index in [2.05, 4.69) is 21.9 Å². The van der Waals surface area contributed by atoms with Crippen molar-refractivity contribution in [3.63, 3.8) is 0 Å². The van der Waals surface area contributed by atoms with Gasteiger partial charge in [-0.15, -0.1) is 0 Å². The molecule has 0 radical (unpaired) electrons. The molecule has 1 aromatic heterocycles. The zero-order chi connectivity index (χ0) is 10.4. The average Bonchev–Trinajstić information content (AvgIpc) is 2.14. The standard InChI is InChI=1S/C9H14ClN3O/c1-3-5-6-7-11-8(10)13-9(12-7)14-4-2/h3-6H2,1-2H3. The first-order valence-electron chi connectivity index (χ1n) is 4.79. The average molecular weight is 216 g/mol. The molecule has 1 heterocycles.